The van der Waals surface area contributed by atoms with Gasteiger partial charge in [-0.15, -0.1) is 11.3 Å². The zero-order valence-corrected chi connectivity index (χ0v) is 12.1. The first-order chi connectivity index (χ1) is 9.63. The van der Waals surface area contributed by atoms with Crippen LogP contribution in [0.25, 0.3) is 10.1 Å². The van der Waals surface area contributed by atoms with Gasteiger partial charge < -0.3 is 10.4 Å². The predicted molar refractivity (Wildman–Crippen MR) is 80.4 cm³/mol. The molecule has 20 heavy (non-hydrogen) atoms. The maximum Gasteiger partial charge on any atom is 0.346 e. The van der Waals surface area contributed by atoms with E-state index in [0.717, 1.165) is 22.9 Å². The van der Waals surface area contributed by atoms with E-state index >= 15 is 0 Å². The first kappa shape index (κ1) is 14.5. The van der Waals surface area contributed by atoms with Crippen molar-refractivity contribution >= 4 is 33.3 Å². The van der Waals surface area contributed by atoms with Crippen LogP contribution in [0.4, 0.5) is 0 Å². The molecule has 0 spiro atoms. The number of unbranched alkanes of at least 4 members (excludes halogenated alkanes) is 1. The van der Waals surface area contributed by atoms with Crippen molar-refractivity contribution in [1.29, 1.82) is 0 Å². The Morgan fingerprint density at radius 2 is 2.05 bits per heavy atom. The average molecular weight is 291 g/mol. The van der Waals surface area contributed by atoms with Crippen LogP contribution in [0.3, 0.4) is 0 Å². The number of nitrogens with one attached hydrogen (secondary N) is 1. The molecule has 2 N–H and O–H groups in total. The molecule has 1 aromatic carbocycles. The minimum absolute atomic E-state index is 0.120. The smallest absolute Gasteiger partial charge is 0.346 e. The highest BCUT2D eigenvalue weighted by Crippen LogP contribution is 2.31. The van der Waals surface area contributed by atoms with Crippen molar-refractivity contribution in [1.82, 2.24) is 5.32 Å². The number of aromatic carboxylic acids is 1. The van der Waals surface area contributed by atoms with Crippen LogP contribution in [-0.2, 0) is 11.2 Å². The highest BCUT2D eigenvalue weighted by Gasteiger charge is 2.19. The predicted octanol–water partition coefficient (Wildman–Crippen LogP) is 3.06. The van der Waals surface area contributed by atoms with Gasteiger partial charge in [0.05, 0.1) is 6.42 Å². The second-order valence-electron chi connectivity index (χ2n) is 4.59. The van der Waals surface area contributed by atoms with Gasteiger partial charge in [-0.2, -0.15) is 0 Å². The van der Waals surface area contributed by atoms with Gasteiger partial charge in [0.15, 0.2) is 0 Å². The molecule has 0 unspecified atom stereocenters. The molecule has 2 rings (SSSR count). The molecule has 0 aliphatic heterocycles. The molecule has 0 saturated carbocycles. The van der Waals surface area contributed by atoms with Gasteiger partial charge in [0.25, 0.3) is 0 Å². The fraction of sp³-hybridized carbons (Fsp3) is 0.333. The van der Waals surface area contributed by atoms with Crippen LogP contribution in [0.2, 0.25) is 0 Å². The molecule has 0 bridgehead atoms. The Hall–Kier alpha value is -1.88. The van der Waals surface area contributed by atoms with Crippen LogP contribution in [0.1, 0.15) is 35.0 Å². The number of amides is 1. The topological polar surface area (TPSA) is 66.4 Å². The molecular formula is C15H17NO3S. The number of carbonyl (C=O) groups is 2. The lowest BCUT2D eigenvalue weighted by molar-refractivity contribution is -0.120. The Labute approximate surface area is 121 Å². The van der Waals surface area contributed by atoms with Gasteiger partial charge in [-0.05, 0) is 23.4 Å². The van der Waals surface area contributed by atoms with Crippen molar-refractivity contribution in [2.45, 2.75) is 26.2 Å². The van der Waals surface area contributed by atoms with Crippen LogP contribution in [-0.4, -0.2) is 23.5 Å². The van der Waals surface area contributed by atoms with E-state index in [1.807, 2.05) is 24.3 Å². The van der Waals surface area contributed by atoms with Gasteiger partial charge in [-0.3, -0.25) is 4.79 Å². The molecule has 0 saturated heterocycles. The zero-order chi connectivity index (χ0) is 14.5. The van der Waals surface area contributed by atoms with E-state index in [1.165, 1.54) is 11.3 Å². The lowest BCUT2D eigenvalue weighted by Gasteiger charge is -2.04. The summed E-state index contributed by atoms with van der Waals surface area (Å²) in [6.45, 7) is 2.70. The fourth-order valence-corrected chi connectivity index (χ4v) is 3.14. The molecule has 0 aliphatic carbocycles. The standard InChI is InChI=1S/C15H17NO3S/c1-2-3-8-16-13(17)9-11-10-6-4-5-7-12(10)20-14(11)15(18)19/h4-7H,2-3,8-9H2,1H3,(H,16,17)(H,18,19). The van der Waals surface area contributed by atoms with E-state index in [1.54, 1.807) is 0 Å². The Morgan fingerprint density at radius 1 is 1.30 bits per heavy atom. The maximum absolute atomic E-state index is 11.9. The number of hydrogen-bond donors (Lipinski definition) is 2. The van der Waals surface area contributed by atoms with Crippen molar-refractivity contribution in [2.75, 3.05) is 6.54 Å². The number of hydrogen-bond acceptors (Lipinski definition) is 3. The normalized spacial score (nSPS) is 10.7. The Kier molecular flexibility index (Phi) is 4.74. The third-order valence-corrected chi connectivity index (χ3v) is 4.28. The molecule has 0 radical (unpaired) electrons. The van der Waals surface area contributed by atoms with Crippen LogP contribution in [0.15, 0.2) is 24.3 Å². The van der Waals surface area contributed by atoms with Crippen molar-refractivity contribution in [3.8, 4) is 0 Å². The molecule has 0 atom stereocenters. The van der Waals surface area contributed by atoms with Gasteiger partial charge in [0, 0.05) is 11.2 Å². The molecule has 4 nitrogen and oxygen atoms in total. The summed E-state index contributed by atoms with van der Waals surface area (Å²) < 4.78 is 0.904. The van der Waals surface area contributed by atoms with Gasteiger partial charge >= 0.3 is 5.97 Å². The van der Waals surface area contributed by atoms with E-state index in [9.17, 15) is 14.7 Å². The summed E-state index contributed by atoms with van der Waals surface area (Å²) in [6, 6.07) is 7.48. The minimum atomic E-state index is -0.970. The number of carboxylic acids is 1. The lowest BCUT2D eigenvalue weighted by atomic mass is 10.1. The largest absolute Gasteiger partial charge is 0.477 e. The highest BCUT2D eigenvalue weighted by atomic mass is 32.1. The first-order valence-corrected chi connectivity index (χ1v) is 7.45. The summed E-state index contributed by atoms with van der Waals surface area (Å²) in [6.07, 6.45) is 2.07. The number of carbonyl (C=O) groups excluding carboxylic acids is 1. The van der Waals surface area contributed by atoms with Gasteiger partial charge in [-0.25, -0.2) is 4.79 Å². The number of rotatable bonds is 6. The molecule has 0 fully saturated rings. The third-order valence-electron chi connectivity index (χ3n) is 3.08. The van der Waals surface area contributed by atoms with Crippen molar-refractivity contribution < 1.29 is 14.7 Å². The Bertz CT molecular complexity index is 633. The van der Waals surface area contributed by atoms with Gasteiger partial charge in [0.1, 0.15) is 4.88 Å². The quantitative estimate of drug-likeness (QED) is 0.804. The monoisotopic (exact) mass is 291 g/mol. The molecule has 2 aromatic rings. The number of thiophene rings is 1. The van der Waals surface area contributed by atoms with E-state index in [0.29, 0.717) is 12.1 Å². The number of benzene rings is 1. The first-order valence-electron chi connectivity index (χ1n) is 6.64. The molecule has 5 heteroatoms. The lowest BCUT2D eigenvalue weighted by Crippen LogP contribution is -2.26. The minimum Gasteiger partial charge on any atom is -0.477 e. The molecule has 1 amide bonds. The van der Waals surface area contributed by atoms with Crippen LogP contribution in [0, 0.1) is 0 Å². The number of carboxylic acid groups (broad SMARTS) is 1. The maximum atomic E-state index is 11.9. The van der Waals surface area contributed by atoms with Crippen LogP contribution < -0.4 is 5.32 Å². The molecule has 106 valence electrons. The van der Waals surface area contributed by atoms with Crippen LogP contribution in [0.5, 0.6) is 0 Å². The molecular weight excluding hydrogens is 274 g/mol. The summed E-state index contributed by atoms with van der Waals surface area (Å²) in [5, 5.41) is 13.0. The summed E-state index contributed by atoms with van der Waals surface area (Å²) in [7, 11) is 0. The van der Waals surface area contributed by atoms with E-state index in [-0.39, 0.29) is 17.2 Å². The Morgan fingerprint density at radius 3 is 2.75 bits per heavy atom. The summed E-state index contributed by atoms with van der Waals surface area (Å²) >= 11 is 1.22. The van der Waals surface area contributed by atoms with E-state index in [4.69, 9.17) is 0 Å². The third kappa shape index (κ3) is 3.17. The second-order valence-corrected chi connectivity index (χ2v) is 5.64. The summed E-state index contributed by atoms with van der Waals surface area (Å²) in [5.41, 5.74) is 0.618. The van der Waals surface area contributed by atoms with E-state index in [2.05, 4.69) is 12.2 Å². The summed E-state index contributed by atoms with van der Waals surface area (Å²) in [4.78, 5) is 23.5. The fourth-order valence-electron chi connectivity index (χ4n) is 2.07. The highest BCUT2D eigenvalue weighted by molar-refractivity contribution is 7.21. The Balaban J connectivity index is 2.25. The van der Waals surface area contributed by atoms with Crippen molar-refractivity contribution in [3.05, 3.63) is 34.7 Å². The number of fused-ring (bicyclic) bond motifs is 1. The molecule has 1 heterocycles. The molecule has 1 aromatic heterocycles. The average Bonchev–Trinajstić information content (AvgIpc) is 2.78. The van der Waals surface area contributed by atoms with E-state index < -0.39 is 5.97 Å². The van der Waals surface area contributed by atoms with Crippen molar-refractivity contribution in [2.24, 2.45) is 0 Å². The second kappa shape index (κ2) is 6.52. The van der Waals surface area contributed by atoms with Crippen LogP contribution >= 0.6 is 11.3 Å². The summed E-state index contributed by atoms with van der Waals surface area (Å²) in [5.74, 6) is -1.09. The van der Waals surface area contributed by atoms with Gasteiger partial charge in [-0.1, -0.05) is 31.5 Å². The SMILES string of the molecule is CCCCNC(=O)Cc1c(C(=O)O)sc2ccccc12. The van der Waals surface area contributed by atoms with Crippen molar-refractivity contribution in [3.63, 3.8) is 0 Å². The molecule has 0 aliphatic rings. The zero-order valence-electron chi connectivity index (χ0n) is 11.3. The van der Waals surface area contributed by atoms with Gasteiger partial charge in [0.2, 0.25) is 5.91 Å².